The standard InChI is InChI=1S/C26H25ClFN5O2/c1-3-33(4-2)15-25(34)31-18-8-10-23-21(13-18)26(30-16-29-23)32-19-9-11-24(22(27)14-19)35-20-7-5-6-17(28)12-20/h5-14,16H,3-4,15H2,1-2H3,(H,31,34)(H,29,30,32). The summed E-state index contributed by atoms with van der Waals surface area (Å²) >= 11 is 6.41. The van der Waals surface area contributed by atoms with Gasteiger partial charge in [-0.2, -0.15) is 0 Å². The molecule has 0 atom stereocenters. The van der Waals surface area contributed by atoms with Crippen molar-refractivity contribution in [1.29, 1.82) is 0 Å². The third kappa shape index (κ3) is 6.23. The molecule has 0 fully saturated rings. The van der Waals surface area contributed by atoms with E-state index in [1.165, 1.54) is 18.5 Å². The van der Waals surface area contributed by atoms with Gasteiger partial charge in [-0.1, -0.05) is 31.5 Å². The summed E-state index contributed by atoms with van der Waals surface area (Å²) in [6.45, 7) is 5.98. The number of likely N-dealkylation sites (N-methyl/N-ethyl adjacent to an activating group) is 1. The number of fused-ring (bicyclic) bond motifs is 1. The molecule has 0 radical (unpaired) electrons. The van der Waals surface area contributed by atoms with Crippen LogP contribution in [0.4, 0.5) is 21.6 Å². The number of carbonyl (C=O) groups excluding carboxylic acids is 1. The minimum absolute atomic E-state index is 0.0833. The van der Waals surface area contributed by atoms with Gasteiger partial charge in [0.25, 0.3) is 0 Å². The maximum atomic E-state index is 13.4. The summed E-state index contributed by atoms with van der Waals surface area (Å²) in [6, 6.07) is 16.5. The summed E-state index contributed by atoms with van der Waals surface area (Å²) in [5.41, 5.74) is 2.06. The van der Waals surface area contributed by atoms with Crippen molar-refractivity contribution >= 4 is 45.6 Å². The fourth-order valence-electron chi connectivity index (χ4n) is 3.54. The zero-order chi connectivity index (χ0) is 24.8. The first-order chi connectivity index (χ1) is 16.9. The van der Waals surface area contributed by atoms with Crippen LogP contribution in [0.1, 0.15) is 13.8 Å². The largest absolute Gasteiger partial charge is 0.456 e. The molecule has 2 N–H and O–H groups in total. The molecule has 0 bridgehead atoms. The van der Waals surface area contributed by atoms with Crippen molar-refractivity contribution in [3.63, 3.8) is 0 Å². The molecule has 4 aromatic rings. The molecule has 0 unspecified atom stereocenters. The van der Waals surface area contributed by atoms with Gasteiger partial charge in [0.1, 0.15) is 29.5 Å². The van der Waals surface area contributed by atoms with Gasteiger partial charge < -0.3 is 15.4 Å². The number of aromatic nitrogens is 2. The van der Waals surface area contributed by atoms with Crippen LogP contribution in [0.15, 0.2) is 67.0 Å². The fraction of sp³-hybridized carbons (Fsp3) is 0.192. The highest BCUT2D eigenvalue weighted by atomic mass is 35.5. The van der Waals surface area contributed by atoms with Gasteiger partial charge in [-0.25, -0.2) is 14.4 Å². The predicted molar refractivity (Wildman–Crippen MR) is 137 cm³/mol. The van der Waals surface area contributed by atoms with E-state index in [2.05, 4.69) is 20.6 Å². The van der Waals surface area contributed by atoms with Gasteiger partial charge in [0.05, 0.1) is 17.1 Å². The van der Waals surface area contributed by atoms with Gasteiger partial charge in [-0.15, -0.1) is 0 Å². The van der Waals surface area contributed by atoms with Crippen LogP contribution in [-0.2, 0) is 4.79 Å². The van der Waals surface area contributed by atoms with Gasteiger partial charge in [0.2, 0.25) is 5.91 Å². The van der Waals surface area contributed by atoms with E-state index in [1.807, 2.05) is 36.9 Å². The van der Waals surface area contributed by atoms with E-state index in [0.717, 1.165) is 24.0 Å². The fourth-order valence-corrected chi connectivity index (χ4v) is 3.76. The molecule has 0 saturated heterocycles. The average Bonchev–Trinajstić information content (AvgIpc) is 2.84. The first-order valence-electron chi connectivity index (χ1n) is 11.2. The second kappa shape index (κ2) is 11.1. The highest BCUT2D eigenvalue weighted by Crippen LogP contribution is 2.33. The lowest BCUT2D eigenvalue weighted by molar-refractivity contribution is -0.117. The number of hydrogen-bond donors (Lipinski definition) is 2. The SMILES string of the molecule is CCN(CC)CC(=O)Nc1ccc2ncnc(Nc3ccc(Oc4cccc(F)c4)c(Cl)c3)c2c1. The summed E-state index contributed by atoms with van der Waals surface area (Å²) in [5.74, 6) is 0.833. The minimum Gasteiger partial charge on any atom is -0.456 e. The van der Waals surface area contributed by atoms with Gasteiger partial charge in [-0.05, 0) is 61.6 Å². The normalized spacial score (nSPS) is 11.0. The first kappa shape index (κ1) is 24.4. The van der Waals surface area contributed by atoms with E-state index in [9.17, 15) is 9.18 Å². The molecule has 9 heteroatoms. The molecular weight excluding hydrogens is 469 g/mol. The predicted octanol–water partition coefficient (Wildman–Crippen LogP) is 6.24. The number of amides is 1. The monoisotopic (exact) mass is 493 g/mol. The van der Waals surface area contributed by atoms with Gasteiger partial charge in [0.15, 0.2) is 0 Å². The third-order valence-corrected chi connectivity index (χ3v) is 5.69. The maximum absolute atomic E-state index is 13.4. The Hall–Kier alpha value is -3.75. The number of carbonyl (C=O) groups is 1. The van der Waals surface area contributed by atoms with Gasteiger partial charge >= 0.3 is 0 Å². The van der Waals surface area contributed by atoms with Crippen LogP contribution in [0.2, 0.25) is 5.02 Å². The Morgan fingerprint density at radius 3 is 2.57 bits per heavy atom. The lowest BCUT2D eigenvalue weighted by Gasteiger charge is -2.17. The molecule has 1 aromatic heterocycles. The summed E-state index contributed by atoms with van der Waals surface area (Å²) in [6.07, 6.45) is 1.46. The molecule has 7 nitrogen and oxygen atoms in total. The molecule has 1 heterocycles. The van der Waals surface area contributed by atoms with Crippen LogP contribution in [0.25, 0.3) is 10.9 Å². The van der Waals surface area contributed by atoms with E-state index in [1.54, 1.807) is 30.3 Å². The highest BCUT2D eigenvalue weighted by Gasteiger charge is 2.11. The van der Waals surface area contributed by atoms with Crippen molar-refractivity contribution in [2.24, 2.45) is 0 Å². The Labute approximate surface area is 207 Å². The topological polar surface area (TPSA) is 79.4 Å². The van der Waals surface area contributed by atoms with E-state index < -0.39 is 5.82 Å². The quantitative estimate of drug-likeness (QED) is 0.287. The molecule has 3 aromatic carbocycles. The van der Waals surface area contributed by atoms with Crippen molar-refractivity contribution in [1.82, 2.24) is 14.9 Å². The zero-order valence-electron chi connectivity index (χ0n) is 19.4. The highest BCUT2D eigenvalue weighted by molar-refractivity contribution is 6.32. The number of anilines is 3. The number of hydrogen-bond acceptors (Lipinski definition) is 6. The smallest absolute Gasteiger partial charge is 0.238 e. The van der Waals surface area contributed by atoms with Crippen molar-refractivity contribution in [2.75, 3.05) is 30.3 Å². The van der Waals surface area contributed by atoms with Crippen LogP contribution >= 0.6 is 11.6 Å². The Bertz CT molecular complexity index is 1350. The number of nitrogens with one attached hydrogen (secondary N) is 2. The molecule has 35 heavy (non-hydrogen) atoms. The molecule has 0 spiro atoms. The van der Waals surface area contributed by atoms with Crippen molar-refractivity contribution in [3.05, 3.63) is 77.8 Å². The molecule has 0 aliphatic carbocycles. The van der Waals surface area contributed by atoms with Crippen molar-refractivity contribution in [2.45, 2.75) is 13.8 Å². The van der Waals surface area contributed by atoms with E-state index in [4.69, 9.17) is 16.3 Å². The second-order valence-corrected chi connectivity index (χ2v) is 8.20. The molecule has 0 aliphatic heterocycles. The molecular formula is C26H25ClFN5O2. The second-order valence-electron chi connectivity index (χ2n) is 7.79. The lowest BCUT2D eigenvalue weighted by Crippen LogP contribution is -2.32. The molecule has 0 saturated carbocycles. The van der Waals surface area contributed by atoms with Crippen LogP contribution in [0, 0.1) is 5.82 Å². The Balaban J connectivity index is 1.53. The van der Waals surface area contributed by atoms with Gasteiger partial charge in [0, 0.05) is 22.8 Å². The molecule has 1 amide bonds. The number of halogens is 2. The summed E-state index contributed by atoms with van der Waals surface area (Å²) in [4.78, 5) is 23.1. The van der Waals surface area contributed by atoms with Crippen molar-refractivity contribution < 1.29 is 13.9 Å². The van der Waals surface area contributed by atoms with E-state index in [0.29, 0.717) is 40.3 Å². The van der Waals surface area contributed by atoms with Crippen LogP contribution in [-0.4, -0.2) is 40.4 Å². The lowest BCUT2D eigenvalue weighted by atomic mass is 10.2. The summed E-state index contributed by atoms with van der Waals surface area (Å²) in [5, 5.41) is 7.28. The molecule has 180 valence electrons. The first-order valence-corrected chi connectivity index (χ1v) is 11.6. The Kier molecular flexibility index (Phi) is 7.74. The van der Waals surface area contributed by atoms with E-state index in [-0.39, 0.29) is 5.91 Å². The molecule has 0 aliphatic rings. The molecule has 4 rings (SSSR count). The number of ether oxygens (including phenoxy) is 1. The number of benzene rings is 3. The van der Waals surface area contributed by atoms with Crippen molar-refractivity contribution in [3.8, 4) is 11.5 Å². The zero-order valence-corrected chi connectivity index (χ0v) is 20.1. The Morgan fingerprint density at radius 2 is 1.83 bits per heavy atom. The average molecular weight is 494 g/mol. The third-order valence-electron chi connectivity index (χ3n) is 5.40. The maximum Gasteiger partial charge on any atom is 0.238 e. The summed E-state index contributed by atoms with van der Waals surface area (Å²) < 4.78 is 19.1. The van der Waals surface area contributed by atoms with Crippen LogP contribution in [0.5, 0.6) is 11.5 Å². The van der Waals surface area contributed by atoms with Crippen LogP contribution < -0.4 is 15.4 Å². The minimum atomic E-state index is -0.392. The van der Waals surface area contributed by atoms with Crippen LogP contribution in [0.3, 0.4) is 0 Å². The number of nitrogens with zero attached hydrogens (tertiary/aromatic N) is 3. The number of rotatable bonds is 9. The van der Waals surface area contributed by atoms with E-state index >= 15 is 0 Å². The Morgan fingerprint density at radius 1 is 1.03 bits per heavy atom. The van der Waals surface area contributed by atoms with Gasteiger partial charge in [-0.3, -0.25) is 9.69 Å². The summed E-state index contributed by atoms with van der Waals surface area (Å²) in [7, 11) is 0.